The summed E-state index contributed by atoms with van der Waals surface area (Å²) in [6.07, 6.45) is 8.69. The molecule has 1 aliphatic carbocycles. The lowest BCUT2D eigenvalue weighted by molar-refractivity contribution is 0.199. The molecule has 0 radical (unpaired) electrons. The van der Waals surface area contributed by atoms with Gasteiger partial charge in [-0.15, -0.1) is 11.8 Å². The van der Waals surface area contributed by atoms with Gasteiger partial charge < -0.3 is 5.11 Å². The monoisotopic (exact) mass is 400 g/mol. The molecule has 1 saturated carbocycles. The van der Waals surface area contributed by atoms with Gasteiger partial charge >= 0.3 is 0 Å². The van der Waals surface area contributed by atoms with Crippen LogP contribution in [0.5, 0.6) is 0 Å². The number of benzene rings is 1. The summed E-state index contributed by atoms with van der Waals surface area (Å²) in [5.41, 5.74) is 4.30. The number of aliphatic hydroxyl groups is 1. The lowest BCUT2D eigenvalue weighted by Crippen LogP contribution is -2.00. The van der Waals surface area contributed by atoms with E-state index in [2.05, 4.69) is 16.0 Å². The highest BCUT2D eigenvalue weighted by Gasteiger charge is 2.23. The average Bonchev–Trinajstić information content (AvgIpc) is 3.27. The van der Waals surface area contributed by atoms with Crippen molar-refractivity contribution in [2.45, 2.75) is 43.9 Å². The van der Waals surface area contributed by atoms with E-state index >= 15 is 0 Å². The molecule has 1 fully saturated rings. The fraction of sp³-hybridized carbons (Fsp3) is 0.429. The highest BCUT2D eigenvalue weighted by atomic mass is 32.2. The first-order valence-corrected chi connectivity index (χ1v) is 10.8. The molecule has 1 atom stereocenters. The lowest BCUT2D eigenvalue weighted by atomic mass is 9.96. The van der Waals surface area contributed by atoms with Gasteiger partial charge in [0.2, 0.25) is 0 Å². The first-order chi connectivity index (χ1) is 13.4. The van der Waals surface area contributed by atoms with E-state index in [9.17, 15) is 9.50 Å². The fourth-order valence-electron chi connectivity index (χ4n) is 3.59. The third-order valence-corrected chi connectivity index (χ3v) is 5.87. The first-order valence-electron chi connectivity index (χ1n) is 9.55. The number of rotatable bonds is 7. The molecule has 2 aromatic heterocycles. The Balaban J connectivity index is 1.70. The summed E-state index contributed by atoms with van der Waals surface area (Å²) in [7, 11) is 1.88. The van der Waals surface area contributed by atoms with E-state index < -0.39 is 6.10 Å². The van der Waals surface area contributed by atoms with E-state index in [1.165, 1.54) is 30.5 Å². The van der Waals surface area contributed by atoms with Crippen molar-refractivity contribution in [3.05, 3.63) is 53.1 Å². The highest BCUT2D eigenvalue weighted by molar-refractivity contribution is 7.98. The van der Waals surface area contributed by atoms with Gasteiger partial charge in [-0.05, 0) is 55.7 Å². The third kappa shape index (κ3) is 4.00. The maximum atomic E-state index is 13.7. The number of aryl methyl sites for hydroxylation is 1. The van der Waals surface area contributed by atoms with Crippen LogP contribution in [-0.4, -0.2) is 30.9 Å². The van der Waals surface area contributed by atoms with Gasteiger partial charge in [0, 0.05) is 49.1 Å². The number of aromatic nitrogens is 4. The highest BCUT2D eigenvalue weighted by Crippen LogP contribution is 2.34. The molecule has 1 aliphatic rings. The van der Waals surface area contributed by atoms with E-state index in [1.54, 1.807) is 29.4 Å². The molecule has 2 heterocycles. The summed E-state index contributed by atoms with van der Waals surface area (Å²) >= 11 is 1.65. The maximum absolute atomic E-state index is 13.7. The van der Waals surface area contributed by atoms with Crippen LogP contribution in [0.1, 0.15) is 42.6 Å². The Morgan fingerprint density at radius 1 is 1.25 bits per heavy atom. The fourth-order valence-corrected chi connectivity index (χ4v) is 4.16. The molecular formula is C21H25FN4OS. The van der Waals surface area contributed by atoms with E-state index in [0.29, 0.717) is 12.0 Å². The minimum absolute atomic E-state index is 0.358. The van der Waals surface area contributed by atoms with Crippen molar-refractivity contribution in [1.82, 2.24) is 19.6 Å². The van der Waals surface area contributed by atoms with Crippen LogP contribution in [0.15, 0.2) is 35.6 Å². The molecule has 4 rings (SSSR count). The van der Waals surface area contributed by atoms with Crippen molar-refractivity contribution in [2.24, 2.45) is 13.0 Å². The predicted octanol–water partition coefficient (Wildman–Crippen LogP) is 4.20. The van der Waals surface area contributed by atoms with Gasteiger partial charge in [0.25, 0.3) is 0 Å². The zero-order chi connectivity index (χ0) is 19.8. The van der Waals surface area contributed by atoms with Crippen LogP contribution in [0.2, 0.25) is 0 Å². The Hall–Kier alpha value is -2.12. The number of hydrogen-bond donors (Lipinski definition) is 1. The number of hydrogen-bond acceptors (Lipinski definition) is 4. The summed E-state index contributed by atoms with van der Waals surface area (Å²) in [6, 6.07) is 4.51. The molecule has 0 saturated heterocycles. The zero-order valence-electron chi connectivity index (χ0n) is 16.4. The second-order valence-electron chi connectivity index (χ2n) is 7.59. The molecule has 148 valence electrons. The Labute approximate surface area is 168 Å². The lowest BCUT2D eigenvalue weighted by Gasteiger charge is -2.12. The maximum Gasteiger partial charge on any atom is 0.123 e. The van der Waals surface area contributed by atoms with Crippen LogP contribution in [0, 0.1) is 11.7 Å². The number of aliphatic hydroxyl groups excluding tert-OH is 1. The van der Waals surface area contributed by atoms with Gasteiger partial charge in [-0.3, -0.25) is 9.36 Å². The summed E-state index contributed by atoms with van der Waals surface area (Å²) in [6.45, 7) is 2.63. The number of thioether (sulfide) groups is 1. The first kappa shape index (κ1) is 19.2. The van der Waals surface area contributed by atoms with E-state index in [-0.39, 0.29) is 5.82 Å². The molecule has 0 spiro atoms. The van der Waals surface area contributed by atoms with Crippen molar-refractivity contribution in [3.8, 4) is 11.3 Å². The van der Waals surface area contributed by atoms with Crippen LogP contribution in [0.3, 0.4) is 0 Å². The summed E-state index contributed by atoms with van der Waals surface area (Å²) in [4.78, 5) is 0. The molecule has 5 nitrogen and oxygen atoms in total. The predicted molar refractivity (Wildman–Crippen MR) is 109 cm³/mol. The topological polar surface area (TPSA) is 55.9 Å². The Morgan fingerprint density at radius 2 is 2.04 bits per heavy atom. The number of halogens is 1. The van der Waals surface area contributed by atoms with E-state index in [1.807, 2.05) is 19.5 Å². The van der Waals surface area contributed by atoms with Crippen molar-refractivity contribution >= 4 is 11.8 Å². The Morgan fingerprint density at radius 3 is 2.71 bits per heavy atom. The van der Waals surface area contributed by atoms with E-state index in [4.69, 9.17) is 5.10 Å². The summed E-state index contributed by atoms with van der Waals surface area (Å²) < 4.78 is 17.6. The second kappa shape index (κ2) is 7.72. The minimum Gasteiger partial charge on any atom is -0.389 e. The quantitative estimate of drug-likeness (QED) is 0.604. The van der Waals surface area contributed by atoms with Gasteiger partial charge in [-0.2, -0.15) is 10.2 Å². The largest absolute Gasteiger partial charge is 0.389 e. The van der Waals surface area contributed by atoms with Crippen LogP contribution >= 0.6 is 11.8 Å². The smallest absolute Gasteiger partial charge is 0.123 e. The van der Waals surface area contributed by atoms with Crippen LogP contribution < -0.4 is 0 Å². The standard InChI is InChI=1S/C21H25FN4OS/c1-13(27)19-9-17(22)6-7-18(19)20-15(11-25(2)23-20)8-16-12-26(10-14-4-5-14)24-21(16)28-3/h6-7,9,11-14,27H,4-5,8,10H2,1-3H3/t13-/m1/s1. The molecule has 1 N–H and O–H groups in total. The summed E-state index contributed by atoms with van der Waals surface area (Å²) in [5, 5.41) is 20.5. The minimum atomic E-state index is -0.774. The second-order valence-corrected chi connectivity index (χ2v) is 8.38. The van der Waals surface area contributed by atoms with Crippen LogP contribution in [0.4, 0.5) is 4.39 Å². The molecule has 3 aromatic rings. The van der Waals surface area contributed by atoms with Gasteiger partial charge in [-0.1, -0.05) is 0 Å². The van der Waals surface area contributed by atoms with Crippen molar-refractivity contribution < 1.29 is 9.50 Å². The SMILES string of the molecule is CSc1nn(CC2CC2)cc1Cc1cn(C)nc1-c1ccc(F)cc1[C@@H](C)O. The molecule has 0 amide bonds. The molecule has 1 aromatic carbocycles. The van der Waals surface area contributed by atoms with Gasteiger partial charge in [0.05, 0.1) is 11.8 Å². The Kier molecular flexibility index (Phi) is 5.29. The van der Waals surface area contributed by atoms with Crippen molar-refractivity contribution in [3.63, 3.8) is 0 Å². The van der Waals surface area contributed by atoms with Crippen LogP contribution in [-0.2, 0) is 20.0 Å². The molecule has 0 bridgehead atoms. The third-order valence-electron chi connectivity index (χ3n) is 5.14. The molecular weight excluding hydrogens is 375 g/mol. The average molecular weight is 401 g/mol. The van der Waals surface area contributed by atoms with Gasteiger partial charge in [0.15, 0.2) is 0 Å². The molecule has 28 heavy (non-hydrogen) atoms. The molecule has 0 unspecified atom stereocenters. The molecule has 0 aliphatic heterocycles. The normalized spacial score (nSPS) is 15.2. The zero-order valence-corrected chi connectivity index (χ0v) is 17.2. The van der Waals surface area contributed by atoms with Crippen molar-refractivity contribution in [2.75, 3.05) is 6.26 Å². The molecule has 7 heteroatoms. The van der Waals surface area contributed by atoms with Gasteiger partial charge in [0.1, 0.15) is 10.8 Å². The van der Waals surface area contributed by atoms with Gasteiger partial charge in [-0.25, -0.2) is 4.39 Å². The van der Waals surface area contributed by atoms with E-state index in [0.717, 1.165) is 34.3 Å². The Bertz CT molecular complexity index is 990. The van der Waals surface area contributed by atoms with Crippen LogP contribution in [0.25, 0.3) is 11.3 Å². The number of nitrogens with zero attached hydrogens (tertiary/aromatic N) is 4. The van der Waals surface area contributed by atoms with Crippen molar-refractivity contribution in [1.29, 1.82) is 0 Å². The summed E-state index contributed by atoms with van der Waals surface area (Å²) in [5.74, 6) is 0.410.